The van der Waals surface area contributed by atoms with Crippen LogP contribution in [0, 0.1) is 0 Å². The third-order valence-electron chi connectivity index (χ3n) is 3.16. The molecular formula is C14H10O4S. The lowest BCUT2D eigenvalue weighted by Crippen LogP contribution is -2.05. The molecule has 0 saturated carbocycles. The first-order valence-electron chi connectivity index (χ1n) is 5.69. The van der Waals surface area contributed by atoms with E-state index in [4.69, 9.17) is 0 Å². The van der Waals surface area contributed by atoms with Crippen LogP contribution in [0.1, 0.15) is 15.9 Å². The fraction of sp³-hybridized carbons (Fsp3) is 0.0714. The molecule has 2 aromatic carbocycles. The number of fused-ring (bicyclic) bond motifs is 2. The molecule has 0 fully saturated rings. The zero-order chi connectivity index (χ0) is 13.6. The third kappa shape index (κ3) is 1.74. The average Bonchev–Trinajstić information content (AvgIpc) is 2.45. The van der Waals surface area contributed by atoms with Gasteiger partial charge < -0.3 is 5.11 Å². The van der Waals surface area contributed by atoms with E-state index in [-0.39, 0.29) is 33.3 Å². The van der Waals surface area contributed by atoms with Gasteiger partial charge in [0.05, 0.1) is 9.79 Å². The highest BCUT2D eigenvalue weighted by molar-refractivity contribution is 7.91. The topological polar surface area (TPSA) is 71.4 Å². The van der Waals surface area contributed by atoms with E-state index in [1.165, 1.54) is 30.3 Å². The molecule has 96 valence electrons. The molecule has 0 atom stereocenters. The molecule has 19 heavy (non-hydrogen) atoms. The average molecular weight is 274 g/mol. The van der Waals surface area contributed by atoms with Crippen molar-refractivity contribution in [3.63, 3.8) is 0 Å². The van der Waals surface area contributed by atoms with Gasteiger partial charge in [-0.3, -0.25) is 4.79 Å². The van der Waals surface area contributed by atoms with E-state index in [0.717, 1.165) is 0 Å². The standard InChI is InChI=1S/C14H10O4S/c15-10-5-6-13-9(7-10)8-12(16)11-3-1-2-4-14(11)19(13,17)18/h1-7,15H,8H2. The Balaban J connectivity index is 2.40. The van der Waals surface area contributed by atoms with Gasteiger partial charge in [-0.05, 0) is 29.8 Å². The van der Waals surface area contributed by atoms with Crippen LogP contribution < -0.4 is 0 Å². The van der Waals surface area contributed by atoms with Crippen molar-refractivity contribution < 1.29 is 18.3 Å². The summed E-state index contributed by atoms with van der Waals surface area (Å²) in [6, 6.07) is 10.2. The van der Waals surface area contributed by atoms with Gasteiger partial charge in [0, 0.05) is 12.0 Å². The number of carbonyl (C=O) groups excluding carboxylic acids is 1. The van der Waals surface area contributed by atoms with E-state index in [0.29, 0.717) is 5.56 Å². The summed E-state index contributed by atoms with van der Waals surface area (Å²) in [6.45, 7) is 0. The molecule has 4 nitrogen and oxygen atoms in total. The Morgan fingerprint density at radius 2 is 1.74 bits per heavy atom. The van der Waals surface area contributed by atoms with Crippen molar-refractivity contribution in [1.82, 2.24) is 0 Å². The lowest BCUT2D eigenvalue weighted by molar-refractivity contribution is 0.0990. The Hall–Kier alpha value is -2.14. The Morgan fingerprint density at radius 3 is 2.53 bits per heavy atom. The predicted molar refractivity (Wildman–Crippen MR) is 68.0 cm³/mol. The number of Topliss-reactive ketones (excluding diaryl/α,β-unsaturated/α-hetero) is 1. The Morgan fingerprint density at radius 1 is 1.00 bits per heavy atom. The molecule has 0 amide bonds. The summed E-state index contributed by atoms with van der Waals surface area (Å²) in [5, 5.41) is 9.45. The zero-order valence-electron chi connectivity index (χ0n) is 9.83. The molecule has 1 N–H and O–H groups in total. The minimum absolute atomic E-state index is 0.0278. The van der Waals surface area contributed by atoms with Crippen LogP contribution in [-0.2, 0) is 16.3 Å². The van der Waals surface area contributed by atoms with Gasteiger partial charge in [-0.1, -0.05) is 18.2 Å². The molecule has 3 rings (SSSR count). The van der Waals surface area contributed by atoms with Crippen LogP contribution in [0.5, 0.6) is 5.75 Å². The monoisotopic (exact) mass is 274 g/mol. The molecule has 0 saturated heterocycles. The maximum absolute atomic E-state index is 12.5. The summed E-state index contributed by atoms with van der Waals surface area (Å²) in [5.74, 6) is -0.309. The molecule has 0 aliphatic carbocycles. The van der Waals surface area contributed by atoms with Crippen molar-refractivity contribution in [1.29, 1.82) is 0 Å². The summed E-state index contributed by atoms with van der Waals surface area (Å²) < 4.78 is 25.1. The van der Waals surface area contributed by atoms with Crippen molar-refractivity contribution in [2.24, 2.45) is 0 Å². The lowest BCUT2D eigenvalue weighted by atomic mass is 10.0. The summed E-state index contributed by atoms with van der Waals surface area (Å²) >= 11 is 0. The smallest absolute Gasteiger partial charge is 0.207 e. The highest BCUT2D eigenvalue weighted by Crippen LogP contribution is 2.33. The number of ketones is 1. The van der Waals surface area contributed by atoms with E-state index in [9.17, 15) is 18.3 Å². The number of carbonyl (C=O) groups is 1. The number of aromatic hydroxyl groups is 1. The molecule has 0 radical (unpaired) electrons. The molecule has 5 heteroatoms. The van der Waals surface area contributed by atoms with Crippen LogP contribution in [0.4, 0.5) is 0 Å². The molecule has 2 aromatic rings. The van der Waals surface area contributed by atoms with E-state index in [1.807, 2.05) is 0 Å². The van der Waals surface area contributed by atoms with E-state index < -0.39 is 9.84 Å². The van der Waals surface area contributed by atoms with Crippen LogP contribution >= 0.6 is 0 Å². The van der Waals surface area contributed by atoms with Gasteiger partial charge >= 0.3 is 0 Å². The third-order valence-corrected chi connectivity index (χ3v) is 5.07. The van der Waals surface area contributed by atoms with Gasteiger partial charge in [0.1, 0.15) is 5.75 Å². The summed E-state index contributed by atoms with van der Waals surface area (Å²) in [6.07, 6.45) is -0.0278. The van der Waals surface area contributed by atoms with Gasteiger partial charge in [0.2, 0.25) is 9.84 Å². The van der Waals surface area contributed by atoms with Crippen molar-refractivity contribution in [2.75, 3.05) is 0 Å². The minimum Gasteiger partial charge on any atom is -0.508 e. The lowest BCUT2D eigenvalue weighted by Gasteiger charge is -2.07. The highest BCUT2D eigenvalue weighted by Gasteiger charge is 2.30. The Bertz CT molecular complexity index is 791. The number of phenolic OH excluding ortho intramolecular Hbond substituents is 1. The second-order valence-corrected chi connectivity index (χ2v) is 6.28. The second-order valence-electron chi connectivity index (χ2n) is 4.39. The Kier molecular flexibility index (Phi) is 2.46. The maximum Gasteiger partial charge on any atom is 0.207 e. The molecule has 1 heterocycles. The number of benzene rings is 2. The molecule has 1 aliphatic rings. The molecule has 0 aromatic heterocycles. The summed E-state index contributed by atoms with van der Waals surface area (Å²) in [5.41, 5.74) is 0.541. The van der Waals surface area contributed by atoms with Gasteiger partial charge in [0.25, 0.3) is 0 Å². The molecule has 0 unspecified atom stereocenters. The number of sulfone groups is 1. The largest absolute Gasteiger partial charge is 0.508 e. The fourth-order valence-corrected chi connectivity index (χ4v) is 3.97. The van der Waals surface area contributed by atoms with Crippen LogP contribution in [0.25, 0.3) is 0 Å². The first-order valence-corrected chi connectivity index (χ1v) is 7.17. The van der Waals surface area contributed by atoms with Crippen LogP contribution in [0.2, 0.25) is 0 Å². The number of hydrogen-bond donors (Lipinski definition) is 1. The van der Waals surface area contributed by atoms with Crippen molar-refractivity contribution >= 4 is 15.6 Å². The summed E-state index contributed by atoms with van der Waals surface area (Å²) in [7, 11) is -3.72. The van der Waals surface area contributed by atoms with Crippen LogP contribution in [0.15, 0.2) is 52.3 Å². The maximum atomic E-state index is 12.5. The highest BCUT2D eigenvalue weighted by atomic mass is 32.2. The molecule has 1 aliphatic heterocycles. The number of rotatable bonds is 0. The number of phenols is 1. The zero-order valence-corrected chi connectivity index (χ0v) is 10.6. The number of hydrogen-bond acceptors (Lipinski definition) is 4. The van der Waals surface area contributed by atoms with Gasteiger partial charge in [-0.25, -0.2) is 8.42 Å². The SMILES string of the molecule is O=C1Cc2cc(O)ccc2S(=O)(=O)c2ccccc21. The molecular weight excluding hydrogens is 264 g/mol. The minimum atomic E-state index is -3.72. The normalized spacial score (nSPS) is 16.3. The van der Waals surface area contributed by atoms with Crippen LogP contribution in [-0.4, -0.2) is 19.3 Å². The van der Waals surface area contributed by atoms with E-state index in [1.54, 1.807) is 12.1 Å². The quantitative estimate of drug-likeness (QED) is 0.797. The van der Waals surface area contributed by atoms with Gasteiger partial charge in [-0.15, -0.1) is 0 Å². The Labute approximate surface area is 110 Å². The van der Waals surface area contributed by atoms with Gasteiger partial charge in [0.15, 0.2) is 5.78 Å². The van der Waals surface area contributed by atoms with E-state index >= 15 is 0 Å². The van der Waals surface area contributed by atoms with Crippen molar-refractivity contribution in [3.8, 4) is 5.75 Å². The first kappa shape index (κ1) is 11.9. The fourth-order valence-electron chi connectivity index (χ4n) is 2.28. The van der Waals surface area contributed by atoms with Crippen LogP contribution in [0.3, 0.4) is 0 Å². The molecule has 0 bridgehead atoms. The van der Waals surface area contributed by atoms with E-state index in [2.05, 4.69) is 0 Å². The van der Waals surface area contributed by atoms with Crippen molar-refractivity contribution in [3.05, 3.63) is 53.6 Å². The predicted octanol–water partition coefficient (Wildman–Crippen LogP) is 1.96. The first-order chi connectivity index (χ1) is 9.00. The summed E-state index contributed by atoms with van der Waals surface area (Å²) in [4.78, 5) is 12.2. The van der Waals surface area contributed by atoms with Gasteiger partial charge in [-0.2, -0.15) is 0 Å². The molecule has 0 spiro atoms. The second kappa shape index (κ2) is 3.93. The van der Waals surface area contributed by atoms with Crippen molar-refractivity contribution in [2.45, 2.75) is 16.2 Å².